The minimum Gasteiger partial charge on any atom is -0.497 e. The van der Waals surface area contributed by atoms with Gasteiger partial charge in [-0.1, -0.05) is 42.5 Å². The molecule has 3 aromatic rings. The van der Waals surface area contributed by atoms with Crippen molar-refractivity contribution < 1.29 is 14.3 Å². The highest BCUT2D eigenvalue weighted by Crippen LogP contribution is 2.27. The number of benzene rings is 3. The molecule has 0 aliphatic rings. The van der Waals surface area contributed by atoms with Crippen LogP contribution in [-0.4, -0.2) is 25.7 Å². The largest absolute Gasteiger partial charge is 0.497 e. The van der Waals surface area contributed by atoms with Gasteiger partial charge in [0.1, 0.15) is 11.8 Å². The Hall–Kier alpha value is -2.85. The summed E-state index contributed by atoms with van der Waals surface area (Å²) < 4.78 is 10.3. The van der Waals surface area contributed by atoms with Gasteiger partial charge in [-0.05, 0) is 59.0 Å². The lowest BCUT2D eigenvalue weighted by atomic mass is 9.97. The van der Waals surface area contributed by atoms with Gasteiger partial charge in [0.2, 0.25) is 0 Å². The predicted molar refractivity (Wildman–Crippen MR) is 104 cm³/mol. The molecule has 0 aliphatic heterocycles. The number of fused-ring (bicyclic) bond motifs is 1. The van der Waals surface area contributed by atoms with Gasteiger partial charge in [0, 0.05) is 0 Å². The SMILES string of the molecule is CCOC(=O)C(N)Cc1cccc(-c2ccc3cc(OC)ccc3c2)c1. The van der Waals surface area contributed by atoms with E-state index in [1.807, 2.05) is 24.3 Å². The lowest BCUT2D eigenvalue weighted by Crippen LogP contribution is -2.34. The molecule has 0 aliphatic carbocycles. The first kappa shape index (κ1) is 18.0. The van der Waals surface area contributed by atoms with Crippen LogP contribution in [-0.2, 0) is 16.0 Å². The molecule has 0 saturated heterocycles. The molecule has 0 saturated carbocycles. The van der Waals surface area contributed by atoms with Crippen LogP contribution in [0.4, 0.5) is 0 Å². The Morgan fingerprint density at radius 1 is 1.00 bits per heavy atom. The first-order chi connectivity index (χ1) is 12.6. The fourth-order valence-electron chi connectivity index (χ4n) is 2.99. The van der Waals surface area contributed by atoms with Gasteiger partial charge in [-0.25, -0.2) is 0 Å². The van der Waals surface area contributed by atoms with Crippen molar-refractivity contribution in [2.75, 3.05) is 13.7 Å². The maximum absolute atomic E-state index is 11.7. The van der Waals surface area contributed by atoms with Crippen molar-refractivity contribution in [2.45, 2.75) is 19.4 Å². The van der Waals surface area contributed by atoms with Crippen LogP contribution < -0.4 is 10.5 Å². The molecule has 2 N–H and O–H groups in total. The van der Waals surface area contributed by atoms with Crippen molar-refractivity contribution in [3.63, 3.8) is 0 Å². The predicted octanol–water partition coefficient (Wildman–Crippen LogP) is 3.95. The minimum atomic E-state index is -0.644. The highest BCUT2D eigenvalue weighted by molar-refractivity contribution is 5.88. The van der Waals surface area contributed by atoms with Crippen LogP contribution in [0.25, 0.3) is 21.9 Å². The van der Waals surface area contributed by atoms with Crippen LogP contribution in [0.5, 0.6) is 5.75 Å². The van der Waals surface area contributed by atoms with Crippen LogP contribution in [0, 0.1) is 0 Å². The smallest absolute Gasteiger partial charge is 0.323 e. The van der Waals surface area contributed by atoms with E-state index < -0.39 is 6.04 Å². The number of ether oxygens (including phenoxy) is 2. The summed E-state index contributed by atoms with van der Waals surface area (Å²) in [5.41, 5.74) is 9.16. The van der Waals surface area contributed by atoms with E-state index in [0.717, 1.165) is 33.2 Å². The van der Waals surface area contributed by atoms with Gasteiger partial charge in [0.15, 0.2) is 0 Å². The lowest BCUT2D eigenvalue weighted by Gasteiger charge is -2.12. The highest BCUT2D eigenvalue weighted by atomic mass is 16.5. The van der Waals surface area contributed by atoms with Crippen molar-refractivity contribution in [2.24, 2.45) is 5.73 Å². The molecule has 0 amide bonds. The number of methoxy groups -OCH3 is 1. The average Bonchev–Trinajstić information content (AvgIpc) is 2.67. The monoisotopic (exact) mass is 349 g/mol. The van der Waals surface area contributed by atoms with Crippen LogP contribution >= 0.6 is 0 Å². The Morgan fingerprint density at radius 3 is 2.50 bits per heavy atom. The van der Waals surface area contributed by atoms with Gasteiger partial charge in [-0.2, -0.15) is 0 Å². The topological polar surface area (TPSA) is 61.5 Å². The molecule has 0 bridgehead atoms. The fraction of sp³-hybridized carbons (Fsp3) is 0.227. The molecule has 0 fully saturated rings. The van der Waals surface area contributed by atoms with E-state index in [0.29, 0.717) is 13.0 Å². The number of hydrogen-bond donors (Lipinski definition) is 1. The van der Waals surface area contributed by atoms with Crippen LogP contribution in [0.2, 0.25) is 0 Å². The van der Waals surface area contributed by atoms with Crippen molar-refractivity contribution in [3.8, 4) is 16.9 Å². The van der Waals surface area contributed by atoms with Crippen molar-refractivity contribution in [1.29, 1.82) is 0 Å². The standard InChI is InChI=1S/C22H23NO3/c1-3-26-22(24)21(23)12-15-5-4-6-16(11-15)17-7-8-19-14-20(25-2)10-9-18(19)13-17/h4-11,13-14,21H,3,12,23H2,1-2H3. The van der Waals surface area contributed by atoms with Crippen molar-refractivity contribution in [1.82, 2.24) is 0 Å². The summed E-state index contributed by atoms with van der Waals surface area (Å²) in [6.45, 7) is 2.12. The summed E-state index contributed by atoms with van der Waals surface area (Å²) >= 11 is 0. The molecule has 0 heterocycles. The van der Waals surface area contributed by atoms with Gasteiger partial charge in [0.25, 0.3) is 0 Å². The van der Waals surface area contributed by atoms with Gasteiger partial charge in [-0.3, -0.25) is 4.79 Å². The van der Waals surface area contributed by atoms with E-state index in [1.54, 1.807) is 14.0 Å². The van der Waals surface area contributed by atoms with Crippen LogP contribution in [0.15, 0.2) is 60.7 Å². The number of nitrogens with two attached hydrogens (primary N) is 1. The highest BCUT2D eigenvalue weighted by Gasteiger charge is 2.15. The number of carbonyl (C=O) groups excluding carboxylic acids is 1. The van der Waals surface area contributed by atoms with E-state index in [2.05, 4.69) is 36.4 Å². The molecule has 0 aromatic heterocycles. The molecular formula is C22H23NO3. The van der Waals surface area contributed by atoms with E-state index in [1.165, 1.54) is 0 Å². The molecule has 4 heteroatoms. The quantitative estimate of drug-likeness (QED) is 0.685. The molecule has 0 radical (unpaired) electrons. The third-order valence-electron chi connectivity index (χ3n) is 4.35. The lowest BCUT2D eigenvalue weighted by molar-refractivity contribution is -0.144. The Kier molecular flexibility index (Phi) is 5.54. The Morgan fingerprint density at radius 2 is 1.73 bits per heavy atom. The average molecular weight is 349 g/mol. The van der Waals surface area contributed by atoms with E-state index >= 15 is 0 Å². The molecule has 4 nitrogen and oxygen atoms in total. The summed E-state index contributed by atoms with van der Waals surface area (Å²) in [6, 6.07) is 19.8. The summed E-state index contributed by atoms with van der Waals surface area (Å²) in [4.78, 5) is 11.7. The summed E-state index contributed by atoms with van der Waals surface area (Å²) in [5, 5.41) is 2.28. The molecule has 26 heavy (non-hydrogen) atoms. The van der Waals surface area contributed by atoms with Crippen LogP contribution in [0.1, 0.15) is 12.5 Å². The number of hydrogen-bond acceptors (Lipinski definition) is 4. The van der Waals surface area contributed by atoms with Gasteiger partial charge >= 0.3 is 5.97 Å². The number of carbonyl (C=O) groups is 1. The molecular weight excluding hydrogens is 326 g/mol. The Balaban J connectivity index is 1.85. The first-order valence-electron chi connectivity index (χ1n) is 8.70. The van der Waals surface area contributed by atoms with E-state index in [4.69, 9.17) is 15.2 Å². The Labute approximate surface area is 153 Å². The molecule has 3 aromatic carbocycles. The second-order valence-corrected chi connectivity index (χ2v) is 6.19. The summed E-state index contributed by atoms with van der Waals surface area (Å²) in [5.74, 6) is 0.484. The molecule has 3 rings (SSSR count). The first-order valence-corrected chi connectivity index (χ1v) is 8.70. The van der Waals surface area contributed by atoms with Crippen LogP contribution in [0.3, 0.4) is 0 Å². The van der Waals surface area contributed by atoms with Crippen molar-refractivity contribution >= 4 is 16.7 Å². The second kappa shape index (κ2) is 8.02. The van der Waals surface area contributed by atoms with Gasteiger partial charge in [0.05, 0.1) is 13.7 Å². The molecule has 0 spiro atoms. The van der Waals surface area contributed by atoms with Crippen molar-refractivity contribution in [3.05, 3.63) is 66.2 Å². The second-order valence-electron chi connectivity index (χ2n) is 6.19. The zero-order valence-corrected chi connectivity index (χ0v) is 15.1. The number of esters is 1. The van der Waals surface area contributed by atoms with E-state index in [9.17, 15) is 4.79 Å². The zero-order chi connectivity index (χ0) is 18.5. The molecule has 1 atom stereocenters. The fourth-order valence-corrected chi connectivity index (χ4v) is 2.99. The maximum atomic E-state index is 11.7. The van der Waals surface area contributed by atoms with Gasteiger partial charge < -0.3 is 15.2 Å². The minimum absolute atomic E-state index is 0.342. The normalized spacial score (nSPS) is 12.0. The summed E-state index contributed by atoms with van der Waals surface area (Å²) in [6.07, 6.45) is 0.456. The third-order valence-corrected chi connectivity index (χ3v) is 4.35. The zero-order valence-electron chi connectivity index (χ0n) is 15.1. The Bertz CT molecular complexity index is 920. The summed E-state index contributed by atoms with van der Waals surface area (Å²) in [7, 11) is 1.67. The van der Waals surface area contributed by atoms with E-state index in [-0.39, 0.29) is 5.97 Å². The molecule has 1 unspecified atom stereocenters. The third kappa shape index (κ3) is 4.03. The molecule has 134 valence electrons. The maximum Gasteiger partial charge on any atom is 0.323 e. The number of rotatable bonds is 6. The van der Waals surface area contributed by atoms with Gasteiger partial charge in [-0.15, -0.1) is 0 Å².